The molecule has 1 aliphatic heterocycles. The summed E-state index contributed by atoms with van der Waals surface area (Å²) in [7, 11) is -2.24. The van der Waals surface area contributed by atoms with Crippen molar-refractivity contribution in [1.82, 2.24) is 14.9 Å². The van der Waals surface area contributed by atoms with Gasteiger partial charge in [0.25, 0.3) is 0 Å². The number of hydrogen-bond donors (Lipinski definition) is 3. The molecule has 0 bridgehead atoms. The van der Waals surface area contributed by atoms with Gasteiger partial charge < -0.3 is 10.6 Å². The van der Waals surface area contributed by atoms with E-state index in [1.54, 1.807) is 19.1 Å². The first kappa shape index (κ1) is 24.3. The fraction of sp³-hybridized carbons (Fsp3) is 0.619. The predicted octanol–water partition coefficient (Wildman–Crippen LogP) is 1.71. The Hall–Kier alpha value is -1.97. The molecule has 1 fully saturated rings. The highest BCUT2D eigenvalue weighted by Gasteiger charge is 2.27. The van der Waals surface area contributed by atoms with Gasteiger partial charge >= 0.3 is 0 Å². The van der Waals surface area contributed by atoms with E-state index in [2.05, 4.69) is 29.2 Å². The monoisotopic (exact) mass is 438 g/mol. The van der Waals surface area contributed by atoms with Crippen molar-refractivity contribution in [2.24, 2.45) is 11.8 Å². The quantitative estimate of drug-likeness (QED) is 0.573. The maximum absolute atomic E-state index is 12.4. The predicted molar refractivity (Wildman–Crippen MR) is 118 cm³/mol. The van der Waals surface area contributed by atoms with E-state index in [1.165, 1.54) is 13.1 Å². The topological polar surface area (TPSA) is 108 Å². The van der Waals surface area contributed by atoms with Crippen LogP contribution in [0.3, 0.4) is 0 Å². The molecular formula is C21H34N4O4S. The third-order valence-corrected chi connectivity index (χ3v) is 7.28. The van der Waals surface area contributed by atoms with E-state index in [4.69, 9.17) is 0 Å². The molecule has 1 saturated heterocycles. The van der Waals surface area contributed by atoms with Crippen molar-refractivity contribution in [2.45, 2.75) is 51.5 Å². The first-order valence-corrected chi connectivity index (χ1v) is 11.9. The molecule has 1 atom stereocenters. The number of nitrogens with one attached hydrogen (secondary N) is 3. The molecule has 8 nitrogen and oxygen atoms in total. The lowest BCUT2D eigenvalue weighted by Gasteiger charge is -2.31. The van der Waals surface area contributed by atoms with E-state index in [0.717, 1.165) is 12.8 Å². The number of aryl methyl sites for hydroxylation is 1. The molecule has 0 aromatic heterocycles. The molecule has 2 amide bonds. The number of rotatable bonds is 8. The highest BCUT2D eigenvalue weighted by atomic mass is 32.2. The molecule has 2 rings (SSSR count). The zero-order chi connectivity index (χ0) is 22.5. The summed E-state index contributed by atoms with van der Waals surface area (Å²) >= 11 is 0. The Kier molecular flexibility index (Phi) is 8.40. The van der Waals surface area contributed by atoms with Crippen LogP contribution in [0.25, 0.3) is 0 Å². The normalized spacial score (nSPS) is 17.0. The fourth-order valence-electron chi connectivity index (χ4n) is 3.34. The summed E-state index contributed by atoms with van der Waals surface area (Å²) in [5, 5.41) is 5.85. The first-order chi connectivity index (χ1) is 14.0. The van der Waals surface area contributed by atoms with Gasteiger partial charge in [-0.1, -0.05) is 19.9 Å². The molecule has 0 aliphatic carbocycles. The minimum Gasteiger partial charge on any atom is -0.353 e. The van der Waals surface area contributed by atoms with Gasteiger partial charge in [0.2, 0.25) is 21.8 Å². The number of sulfonamides is 1. The van der Waals surface area contributed by atoms with Crippen LogP contribution in [-0.4, -0.2) is 57.9 Å². The Labute approximate surface area is 179 Å². The van der Waals surface area contributed by atoms with Crippen LogP contribution in [0.2, 0.25) is 0 Å². The number of piperidine rings is 1. The molecule has 1 unspecified atom stereocenters. The molecule has 168 valence electrons. The lowest BCUT2D eigenvalue weighted by atomic mass is 9.95. The van der Waals surface area contributed by atoms with Gasteiger partial charge in [0.05, 0.1) is 11.4 Å². The van der Waals surface area contributed by atoms with Crippen LogP contribution in [0.4, 0.5) is 5.69 Å². The molecular weight excluding hydrogens is 404 g/mol. The van der Waals surface area contributed by atoms with E-state index in [1.807, 2.05) is 11.8 Å². The second-order valence-corrected chi connectivity index (χ2v) is 10.2. The zero-order valence-corrected chi connectivity index (χ0v) is 19.3. The summed E-state index contributed by atoms with van der Waals surface area (Å²) in [5.41, 5.74) is 1.05. The number of nitrogens with zero attached hydrogens (tertiary/aromatic N) is 1. The summed E-state index contributed by atoms with van der Waals surface area (Å²) < 4.78 is 26.5. The van der Waals surface area contributed by atoms with Gasteiger partial charge in [-0.25, -0.2) is 13.1 Å². The third kappa shape index (κ3) is 6.52. The van der Waals surface area contributed by atoms with Crippen molar-refractivity contribution in [3.05, 3.63) is 23.8 Å². The van der Waals surface area contributed by atoms with Gasteiger partial charge in [-0.3, -0.25) is 14.5 Å². The smallest absolute Gasteiger partial charge is 0.240 e. The average molecular weight is 439 g/mol. The van der Waals surface area contributed by atoms with Gasteiger partial charge in [0.1, 0.15) is 0 Å². The summed E-state index contributed by atoms with van der Waals surface area (Å²) in [6.45, 7) is 9.44. The Balaban J connectivity index is 1.87. The van der Waals surface area contributed by atoms with Gasteiger partial charge in [-0.15, -0.1) is 0 Å². The van der Waals surface area contributed by atoms with Crippen molar-refractivity contribution >= 4 is 27.5 Å². The fourth-order valence-corrected chi connectivity index (χ4v) is 4.34. The molecule has 30 heavy (non-hydrogen) atoms. The number of carbonyl (C=O) groups excluding carboxylic acids is 2. The second kappa shape index (κ2) is 10.4. The summed E-state index contributed by atoms with van der Waals surface area (Å²) in [5.74, 6) is 0.265. The largest absolute Gasteiger partial charge is 0.353 e. The number of anilines is 1. The molecule has 1 heterocycles. The zero-order valence-electron chi connectivity index (χ0n) is 18.5. The highest BCUT2D eigenvalue weighted by molar-refractivity contribution is 7.89. The van der Waals surface area contributed by atoms with Crippen LogP contribution in [-0.2, 0) is 19.6 Å². The number of amides is 2. The molecule has 1 aliphatic rings. The summed E-state index contributed by atoms with van der Waals surface area (Å²) in [4.78, 5) is 27.0. The van der Waals surface area contributed by atoms with Crippen LogP contribution in [0, 0.1) is 18.8 Å². The Bertz CT molecular complexity index is 862. The highest BCUT2D eigenvalue weighted by Crippen LogP contribution is 2.21. The third-order valence-electron chi connectivity index (χ3n) is 5.73. The van der Waals surface area contributed by atoms with E-state index in [0.29, 0.717) is 30.3 Å². The van der Waals surface area contributed by atoms with Crippen molar-refractivity contribution in [1.29, 1.82) is 0 Å². The van der Waals surface area contributed by atoms with Crippen molar-refractivity contribution in [3.63, 3.8) is 0 Å². The van der Waals surface area contributed by atoms with Gasteiger partial charge in [-0.2, -0.15) is 0 Å². The lowest BCUT2D eigenvalue weighted by Crippen LogP contribution is -2.45. The average Bonchev–Trinajstić information content (AvgIpc) is 2.69. The van der Waals surface area contributed by atoms with Crippen molar-refractivity contribution in [2.75, 3.05) is 32.0 Å². The van der Waals surface area contributed by atoms with Crippen molar-refractivity contribution in [3.8, 4) is 0 Å². The number of carbonyl (C=O) groups is 2. The van der Waals surface area contributed by atoms with Crippen LogP contribution < -0.4 is 15.4 Å². The number of likely N-dealkylation sites (tertiary alicyclic amines) is 1. The molecule has 0 spiro atoms. The molecule has 1 aromatic rings. The minimum atomic E-state index is -3.59. The van der Waals surface area contributed by atoms with Crippen LogP contribution in [0.15, 0.2) is 23.1 Å². The second-order valence-electron chi connectivity index (χ2n) is 8.33. The van der Waals surface area contributed by atoms with Crippen LogP contribution >= 0.6 is 0 Å². The maximum atomic E-state index is 12.4. The Morgan fingerprint density at radius 3 is 2.37 bits per heavy atom. The molecule has 3 N–H and O–H groups in total. The van der Waals surface area contributed by atoms with Crippen LogP contribution in [0.5, 0.6) is 0 Å². The molecule has 0 radical (unpaired) electrons. The van der Waals surface area contributed by atoms with Gasteiger partial charge in [-0.05, 0) is 70.4 Å². The van der Waals surface area contributed by atoms with E-state index in [9.17, 15) is 18.0 Å². The van der Waals surface area contributed by atoms with Gasteiger partial charge in [0, 0.05) is 17.6 Å². The maximum Gasteiger partial charge on any atom is 0.240 e. The Morgan fingerprint density at radius 2 is 1.80 bits per heavy atom. The number of hydrogen-bond acceptors (Lipinski definition) is 5. The number of benzene rings is 1. The molecule has 0 saturated carbocycles. The molecule has 9 heteroatoms. The standard InChI is InChI=1S/C21H34N4O4S/c1-14(2)16(4)23-21(27)17-8-10-25(11-9-17)13-20(26)24-18-7-6-15(3)19(12-18)30(28,29)22-5/h6-7,12,14,16-17,22H,8-11,13H2,1-5H3,(H,23,27)(H,24,26). The van der Waals surface area contributed by atoms with Crippen molar-refractivity contribution < 1.29 is 18.0 Å². The lowest BCUT2D eigenvalue weighted by molar-refractivity contribution is -0.127. The minimum absolute atomic E-state index is 0.0167. The van der Waals surface area contributed by atoms with Crippen LogP contribution in [0.1, 0.15) is 39.2 Å². The van der Waals surface area contributed by atoms with E-state index < -0.39 is 10.0 Å². The molecule has 1 aromatic carbocycles. The van der Waals surface area contributed by atoms with Gasteiger partial charge in [0.15, 0.2) is 0 Å². The Morgan fingerprint density at radius 1 is 1.17 bits per heavy atom. The summed E-state index contributed by atoms with van der Waals surface area (Å²) in [6, 6.07) is 4.97. The van der Waals surface area contributed by atoms with E-state index in [-0.39, 0.29) is 35.2 Å². The first-order valence-electron chi connectivity index (χ1n) is 10.4. The van der Waals surface area contributed by atoms with E-state index >= 15 is 0 Å². The SMILES string of the molecule is CNS(=O)(=O)c1cc(NC(=O)CN2CCC(C(=O)NC(C)C(C)C)CC2)ccc1C. The summed E-state index contributed by atoms with van der Waals surface area (Å²) in [6.07, 6.45) is 1.44.